The summed E-state index contributed by atoms with van der Waals surface area (Å²) in [5.41, 5.74) is 6.49. The predicted octanol–water partition coefficient (Wildman–Crippen LogP) is 1.03. The van der Waals surface area contributed by atoms with E-state index in [4.69, 9.17) is 5.73 Å². The number of benzene rings is 1. The molecule has 0 amide bonds. The molecule has 0 aliphatic heterocycles. The van der Waals surface area contributed by atoms with Gasteiger partial charge in [0.2, 0.25) is 0 Å². The van der Waals surface area contributed by atoms with Crippen molar-refractivity contribution in [1.82, 2.24) is 9.13 Å². The van der Waals surface area contributed by atoms with Crippen molar-refractivity contribution in [3.05, 3.63) is 58.5 Å². The van der Waals surface area contributed by atoms with Crippen molar-refractivity contribution >= 4 is 0 Å². The van der Waals surface area contributed by atoms with Crippen LogP contribution in [0.1, 0.15) is 11.6 Å². The highest BCUT2D eigenvalue weighted by molar-refractivity contribution is 5.19. The topological polar surface area (TPSA) is 52.9 Å². The zero-order valence-corrected chi connectivity index (χ0v) is 9.51. The maximum atomic E-state index is 13.0. The molecule has 2 rings (SSSR count). The van der Waals surface area contributed by atoms with Crippen LogP contribution in [0.5, 0.6) is 0 Å². The number of aryl methyl sites for hydroxylation is 1. The number of hydrogen-bond donors (Lipinski definition) is 1. The van der Waals surface area contributed by atoms with Crippen LogP contribution in [0.4, 0.5) is 4.39 Å². The lowest BCUT2D eigenvalue weighted by Crippen LogP contribution is -2.27. The van der Waals surface area contributed by atoms with Crippen LogP contribution in [0.2, 0.25) is 0 Å². The van der Waals surface area contributed by atoms with Gasteiger partial charge >= 0.3 is 5.69 Å². The standard InChI is InChI=1S/C12H14FN3O/c1-15-5-6-16(12(15)17)8-11(14)9-3-2-4-10(13)7-9/h2-7,11H,8,14H2,1H3. The van der Waals surface area contributed by atoms with Gasteiger partial charge in [-0.25, -0.2) is 9.18 Å². The van der Waals surface area contributed by atoms with E-state index in [0.29, 0.717) is 12.1 Å². The van der Waals surface area contributed by atoms with E-state index in [1.165, 1.54) is 21.3 Å². The van der Waals surface area contributed by atoms with Gasteiger partial charge in [-0.1, -0.05) is 12.1 Å². The van der Waals surface area contributed by atoms with Gasteiger partial charge in [0.05, 0.1) is 0 Å². The summed E-state index contributed by atoms with van der Waals surface area (Å²) >= 11 is 0. The van der Waals surface area contributed by atoms with Crippen LogP contribution in [0.15, 0.2) is 41.5 Å². The van der Waals surface area contributed by atoms with E-state index in [9.17, 15) is 9.18 Å². The van der Waals surface area contributed by atoms with Crippen LogP contribution in [-0.2, 0) is 13.6 Å². The molecule has 1 heterocycles. The normalized spacial score (nSPS) is 12.6. The third-order valence-corrected chi connectivity index (χ3v) is 2.69. The summed E-state index contributed by atoms with van der Waals surface area (Å²) in [5.74, 6) is -0.321. The fourth-order valence-electron chi connectivity index (χ4n) is 1.70. The van der Waals surface area contributed by atoms with Gasteiger partial charge in [0.25, 0.3) is 0 Å². The summed E-state index contributed by atoms with van der Waals surface area (Å²) < 4.78 is 16.0. The van der Waals surface area contributed by atoms with Crippen LogP contribution in [0.25, 0.3) is 0 Å². The first-order valence-corrected chi connectivity index (χ1v) is 5.31. The van der Waals surface area contributed by atoms with E-state index in [-0.39, 0.29) is 11.5 Å². The second kappa shape index (κ2) is 4.55. The monoisotopic (exact) mass is 235 g/mol. The second-order valence-corrected chi connectivity index (χ2v) is 4.01. The fraction of sp³-hybridized carbons (Fsp3) is 0.250. The molecule has 1 aromatic heterocycles. The van der Waals surface area contributed by atoms with Gasteiger partial charge in [-0.05, 0) is 17.7 Å². The van der Waals surface area contributed by atoms with Crippen molar-refractivity contribution in [1.29, 1.82) is 0 Å². The average molecular weight is 235 g/mol. The lowest BCUT2D eigenvalue weighted by atomic mass is 10.1. The van der Waals surface area contributed by atoms with Crippen LogP contribution >= 0.6 is 0 Å². The van der Waals surface area contributed by atoms with Crippen molar-refractivity contribution in [2.24, 2.45) is 12.8 Å². The molecule has 0 bridgehead atoms. The summed E-state index contributed by atoms with van der Waals surface area (Å²) in [4.78, 5) is 11.6. The number of hydrogen-bond acceptors (Lipinski definition) is 2. The van der Waals surface area contributed by atoms with E-state index < -0.39 is 6.04 Å². The largest absolute Gasteiger partial charge is 0.327 e. The number of rotatable bonds is 3. The smallest absolute Gasteiger partial charge is 0.322 e. The Morgan fingerprint density at radius 2 is 2.18 bits per heavy atom. The van der Waals surface area contributed by atoms with Crippen LogP contribution < -0.4 is 11.4 Å². The van der Waals surface area contributed by atoms with Crippen LogP contribution in [-0.4, -0.2) is 9.13 Å². The SMILES string of the molecule is Cn1ccn(CC(N)c2cccc(F)c2)c1=O. The van der Waals surface area contributed by atoms with Crippen molar-refractivity contribution in [2.75, 3.05) is 0 Å². The maximum absolute atomic E-state index is 13.0. The molecule has 0 saturated carbocycles. The Hall–Kier alpha value is -1.88. The van der Waals surface area contributed by atoms with Gasteiger partial charge in [-0.15, -0.1) is 0 Å². The number of nitrogens with zero attached hydrogens (tertiary/aromatic N) is 2. The highest BCUT2D eigenvalue weighted by atomic mass is 19.1. The fourth-order valence-corrected chi connectivity index (χ4v) is 1.70. The number of halogens is 1. The first-order chi connectivity index (χ1) is 8.08. The summed E-state index contributed by atoms with van der Waals surface area (Å²) in [6, 6.07) is 5.72. The summed E-state index contributed by atoms with van der Waals surface area (Å²) in [6.45, 7) is 0.336. The molecule has 0 radical (unpaired) electrons. The van der Waals surface area contributed by atoms with Gasteiger partial charge in [0, 0.05) is 32.0 Å². The van der Waals surface area contributed by atoms with Crippen molar-refractivity contribution < 1.29 is 4.39 Å². The van der Waals surface area contributed by atoms with E-state index in [1.54, 1.807) is 31.6 Å². The summed E-state index contributed by atoms with van der Waals surface area (Å²) in [5, 5.41) is 0. The molecule has 90 valence electrons. The highest BCUT2D eigenvalue weighted by Crippen LogP contribution is 2.13. The van der Waals surface area contributed by atoms with Gasteiger partial charge in [-0.2, -0.15) is 0 Å². The molecule has 0 saturated heterocycles. The number of imidazole rings is 1. The minimum absolute atomic E-state index is 0.128. The number of aromatic nitrogens is 2. The Morgan fingerprint density at radius 1 is 1.41 bits per heavy atom. The zero-order valence-electron chi connectivity index (χ0n) is 9.51. The van der Waals surface area contributed by atoms with Gasteiger partial charge in [0.15, 0.2) is 0 Å². The molecule has 5 heteroatoms. The maximum Gasteiger partial charge on any atom is 0.327 e. The molecule has 4 nitrogen and oxygen atoms in total. The first kappa shape index (κ1) is 11.6. The Morgan fingerprint density at radius 3 is 2.76 bits per heavy atom. The minimum atomic E-state index is -0.397. The van der Waals surface area contributed by atoms with Crippen LogP contribution in [0, 0.1) is 5.82 Å². The summed E-state index contributed by atoms with van der Waals surface area (Å²) in [7, 11) is 1.67. The lowest BCUT2D eigenvalue weighted by molar-refractivity contribution is 0.549. The van der Waals surface area contributed by atoms with E-state index in [2.05, 4.69) is 0 Å². The van der Waals surface area contributed by atoms with E-state index >= 15 is 0 Å². The molecule has 2 N–H and O–H groups in total. The highest BCUT2D eigenvalue weighted by Gasteiger charge is 2.09. The molecule has 0 spiro atoms. The quantitative estimate of drug-likeness (QED) is 0.863. The first-order valence-electron chi connectivity index (χ1n) is 5.31. The lowest BCUT2D eigenvalue weighted by Gasteiger charge is -2.12. The van der Waals surface area contributed by atoms with E-state index in [1.807, 2.05) is 0 Å². The van der Waals surface area contributed by atoms with Crippen molar-refractivity contribution in [3.8, 4) is 0 Å². The van der Waals surface area contributed by atoms with Crippen molar-refractivity contribution in [3.63, 3.8) is 0 Å². The van der Waals surface area contributed by atoms with Gasteiger partial charge in [0.1, 0.15) is 5.82 Å². The van der Waals surface area contributed by atoms with Crippen molar-refractivity contribution in [2.45, 2.75) is 12.6 Å². The molecule has 0 fully saturated rings. The molecule has 0 aliphatic rings. The average Bonchev–Trinajstić information content (AvgIpc) is 2.61. The zero-order chi connectivity index (χ0) is 12.4. The second-order valence-electron chi connectivity index (χ2n) is 4.01. The molecular weight excluding hydrogens is 221 g/mol. The van der Waals surface area contributed by atoms with E-state index in [0.717, 1.165) is 0 Å². The number of nitrogens with two attached hydrogens (primary N) is 1. The third kappa shape index (κ3) is 2.45. The minimum Gasteiger partial charge on any atom is -0.322 e. The summed E-state index contributed by atoms with van der Waals surface area (Å²) in [6.07, 6.45) is 3.34. The molecular formula is C12H14FN3O. The van der Waals surface area contributed by atoms with Crippen LogP contribution in [0.3, 0.4) is 0 Å². The molecule has 1 unspecified atom stereocenters. The molecule has 2 aromatic rings. The van der Waals surface area contributed by atoms with Gasteiger partial charge in [-0.3, -0.25) is 4.57 Å². The molecule has 1 aromatic carbocycles. The van der Waals surface area contributed by atoms with Gasteiger partial charge < -0.3 is 10.3 Å². The molecule has 0 aliphatic carbocycles. The third-order valence-electron chi connectivity index (χ3n) is 2.69. The Kier molecular flexibility index (Phi) is 3.10. The predicted molar refractivity (Wildman–Crippen MR) is 63.0 cm³/mol. The molecule has 1 atom stereocenters. The molecule has 17 heavy (non-hydrogen) atoms. The Bertz CT molecular complexity index is 573. The Labute approximate surface area is 98.1 Å². The Balaban J connectivity index is 2.20.